The molecule has 5 atom stereocenters. The Hall–Kier alpha value is -1.92. The Morgan fingerprint density at radius 2 is 2.24 bits per heavy atom. The Kier molecular flexibility index (Phi) is 2.84. The van der Waals surface area contributed by atoms with Crippen LogP contribution in [0.2, 0.25) is 0 Å². The summed E-state index contributed by atoms with van der Waals surface area (Å²) in [5, 5.41) is 11.9. The summed E-state index contributed by atoms with van der Waals surface area (Å²) in [6.07, 6.45) is 0.800. The van der Waals surface area contributed by atoms with Crippen LogP contribution in [0.3, 0.4) is 0 Å². The smallest absolute Gasteiger partial charge is 0.298 e. The minimum Gasteiger partial charge on any atom is -0.477 e. The van der Waals surface area contributed by atoms with Crippen molar-refractivity contribution in [2.24, 2.45) is 5.92 Å². The van der Waals surface area contributed by atoms with Crippen LogP contribution in [0.1, 0.15) is 30.4 Å². The standard InChI is InChI=1S/C19H21NO5/c1-10-3-4-13(24-9-21)15-14(10)18-7-11-8-20(2)16(11)19(18,23)6-5-12(22)17(18)25-15/h3-4,9,11,16-17,23H,5-8H2,1-2H3/t11?,16?,17-,18?,19?/m0/s1. The minimum atomic E-state index is -1.00. The van der Waals surface area contributed by atoms with Gasteiger partial charge in [-0.05, 0) is 44.4 Å². The maximum atomic E-state index is 12.8. The van der Waals surface area contributed by atoms with E-state index in [1.807, 2.05) is 20.0 Å². The molecule has 1 saturated heterocycles. The first-order valence-corrected chi connectivity index (χ1v) is 8.80. The number of ether oxygens (including phenoxy) is 2. The maximum absolute atomic E-state index is 12.8. The SMILES string of the molecule is Cc1ccc(OC=O)c2c1C13CC4CN(C)C4C1(O)CCC(=O)[C@@H]3O2. The van der Waals surface area contributed by atoms with E-state index in [2.05, 4.69) is 4.90 Å². The van der Waals surface area contributed by atoms with E-state index in [9.17, 15) is 14.7 Å². The van der Waals surface area contributed by atoms with Crippen molar-refractivity contribution in [3.05, 3.63) is 23.3 Å². The normalized spacial score (nSPS) is 41.1. The third-order valence-corrected chi connectivity index (χ3v) is 6.97. The summed E-state index contributed by atoms with van der Waals surface area (Å²) < 4.78 is 11.2. The van der Waals surface area contributed by atoms with Gasteiger partial charge in [0.1, 0.15) is 0 Å². The number of fused-ring (bicyclic) bond motifs is 3. The zero-order valence-electron chi connectivity index (χ0n) is 14.3. The van der Waals surface area contributed by atoms with Gasteiger partial charge < -0.3 is 14.6 Å². The second-order valence-electron chi connectivity index (χ2n) is 8.01. The molecule has 5 rings (SSSR count). The molecule has 6 heteroatoms. The predicted molar refractivity (Wildman–Crippen MR) is 87.7 cm³/mol. The van der Waals surface area contributed by atoms with E-state index in [1.165, 1.54) is 0 Å². The summed E-state index contributed by atoms with van der Waals surface area (Å²) in [5.41, 5.74) is 0.0754. The highest BCUT2D eigenvalue weighted by Crippen LogP contribution is 2.67. The van der Waals surface area contributed by atoms with Crippen LogP contribution < -0.4 is 9.47 Å². The second-order valence-corrected chi connectivity index (χ2v) is 8.01. The zero-order chi connectivity index (χ0) is 17.6. The van der Waals surface area contributed by atoms with Gasteiger partial charge in [0.15, 0.2) is 23.4 Å². The van der Waals surface area contributed by atoms with Gasteiger partial charge in [0.05, 0.1) is 11.0 Å². The number of carbonyl (C=O) groups excluding carboxylic acids is 2. The van der Waals surface area contributed by atoms with Gasteiger partial charge in [-0.3, -0.25) is 14.5 Å². The van der Waals surface area contributed by atoms with Crippen molar-refractivity contribution in [1.82, 2.24) is 4.90 Å². The number of hydrogen-bond donors (Lipinski definition) is 1. The van der Waals surface area contributed by atoms with Crippen LogP contribution in [0, 0.1) is 12.8 Å². The van der Waals surface area contributed by atoms with Crippen LogP contribution in [0.15, 0.2) is 12.1 Å². The largest absolute Gasteiger partial charge is 0.477 e. The average molecular weight is 343 g/mol. The maximum Gasteiger partial charge on any atom is 0.298 e. The Balaban J connectivity index is 1.78. The van der Waals surface area contributed by atoms with Crippen LogP contribution in [0.25, 0.3) is 0 Å². The number of carbonyl (C=O) groups is 2. The van der Waals surface area contributed by atoms with E-state index < -0.39 is 17.1 Å². The summed E-state index contributed by atoms with van der Waals surface area (Å²) in [7, 11) is 2.03. The summed E-state index contributed by atoms with van der Waals surface area (Å²) in [5.74, 6) is 1.16. The van der Waals surface area contributed by atoms with Crippen molar-refractivity contribution in [3.8, 4) is 11.5 Å². The lowest BCUT2D eigenvalue weighted by Crippen LogP contribution is -2.69. The third kappa shape index (κ3) is 1.54. The minimum absolute atomic E-state index is 0.0290. The molecule has 2 saturated carbocycles. The summed E-state index contributed by atoms with van der Waals surface area (Å²) in [6.45, 7) is 3.26. The van der Waals surface area contributed by atoms with Crippen molar-refractivity contribution in [2.75, 3.05) is 13.6 Å². The Morgan fingerprint density at radius 3 is 2.96 bits per heavy atom. The van der Waals surface area contributed by atoms with Crippen LogP contribution in [-0.2, 0) is 15.0 Å². The molecule has 1 spiro atoms. The quantitative estimate of drug-likeness (QED) is 0.806. The van der Waals surface area contributed by atoms with Gasteiger partial charge in [0.2, 0.25) is 0 Å². The molecule has 0 amide bonds. The summed E-state index contributed by atoms with van der Waals surface area (Å²) in [6, 6.07) is 3.62. The first kappa shape index (κ1) is 15.3. The number of ketones is 1. The number of likely N-dealkylation sites (tertiary alicyclic amines) is 1. The lowest BCUT2D eigenvalue weighted by molar-refractivity contribution is -0.158. The van der Waals surface area contributed by atoms with E-state index >= 15 is 0 Å². The van der Waals surface area contributed by atoms with Crippen LogP contribution in [-0.4, -0.2) is 53.6 Å². The molecule has 25 heavy (non-hydrogen) atoms. The van der Waals surface area contributed by atoms with Crippen LogP contribution >= 0.6 is 0 Å². The molecule has 6 nitrogen and oxygen atoms in total. The third-order valence-electron chi connectivity index (χ3n) is 6.97. The lowest BCUT2D eigenvalue weighted by atomic mass is 9.59. The van der Waals surface area contributed by atoms with Crippen LogP contribution in [0.5, 0.6) is 11.5 Å². The van der Waals surface area contributed by atoms with E-state index in [0.717, 1.165) is 24.1 Å². The lowest BCUT2D eigenvalue weighted by Gasteiger charge is -2.53. The van der Waals surface area contributed by atoms with Crippen molar-refractivity contribution < 1.29 is 24.2 Å². The fourth-order valence-electron chi connectivity index (χ4n) is 6.23. The van der Waals surface area contributed by atoms with Crippen molar-refractivity contribution in [2.45, 2.75) is 49.3 Å². The summed E-state index contributed by atoms with van der Waals surface area (Å²) >= 11 is 0. The topological polar surface area (TPSA) is 76.1 Å². The van der Waals surface area contributed by atoms with Gasteiger partial charge >= 0.3 is 0 Å². The number of Topliss-reactive ketones (excluding diaryl/α,β-unsaturated/α-hetero) is 1. The van der Waals surface area contributed by atoms with Gasteiger partial charge in [-0.25, -0.2) is 0 Å². The fourth-order valence-corrected chi connectivity index (χ4v) is 6.23. The summed E-state index contributed by atoms with van der Waals surface area (Å²) in [4.78, 5) is 25.8. The number of likely N-dealkylation sites (N-methyl/N-ethyl adjacent to an activating group) is 1. The Labute approximate surface area is 145 Å². The highest BCUT2D eigenvalue weighted by Gasteiger charge is 2.76. The van der Waals surface area contributed by atoms with E-state index in [0.29, 0.717) is 36.7 Å². The number of hydrogen-bond acceptors (Lipinski definition) is 6. The average Bonchev–Trinajstić information content (AvgIpc) is 3.01. The van der Waals surface area contributed by atoms with Gasteiger partial charge in [-0.2, -0.15) is 0 Å². The number of nitrogens with zero attached hydrogens (tertiary/aromatic N) is 1. The fraction of sp³-hybridized carbons (Fsp3) is 0.579. The molecule has 0 bridgehead atoms. The van der Waals surface area contributed by atoms with E-state index in [4.69, 9.17) is 9.47 Å². The second kappa shape index (κ2) is 4.62. The molecule has 0 aromatic heterocycles. The molecule has 4 unspecified atom stereocenters. The van der Waals surface area contributed by atoms with Gasteiger partial charge in [0, 0.05) is 24.6 Å². The van der Waals surface area contributed by atoms with Crippen molar-refractivity contribution in [1.29, 1.82) is 0 Å². The molecule has 1 aromatic carbocycles. The van der Waals surface area contributed by atoms with E-state index in [-0.39, 0.29) is 11.8 Å². The molecular weight excluding hydrogens is 322 g/mol. The van der Waals surface area contributed by atoms with Crippen molar-refractivity contribution in [3.63, 3.8) is 0 Å². The highest BCUT2D eigenvalue weighted by molar-refractivity contribution is 5.90. The molecule has 1 aromatic rings. The molecule has 132 valence electrons. The Bertz CT molecular complexity index is 807. The van der Waals surface area contributed by atoms with Crippen molar-refractivity contribution >= 4 is 12.3 Å². The van der Waals surface area contributed by atoms with E-state index in [1.54, 1.807) is 6.07 Å². The predicted octanol–water partition coefficient (Wildman–Crippen LogP) is 0.957. The number of rotatable bonds is 2. The zero-order valence-corrected chi connectivity index (χ0v) is 14.3. The molecule has 2 aliphatic carbocycles. The molecule has 2 aliphatic heterocycles. The van der Waals surface area contributed by atoms with Gasteiger partial charge in [-0.15, -0.1) is 0 Å². The van der Waals surface area contributed by atoms with Gasteiger partial charge in [-0.1, -0.05) is 6.07 Å². The van der Waals surface area contributed by atoms with Crippen LogP contribution in [0.4, 0.5) is 0 Å². The number of aryl methyl sites for hydroxylation is 1. The number of aliphatic hydroxyl groups is 1. The number of benzene rings is 1. The van der Waals surface area contributed by atoms with Gasteiger partial charge in [0.25, 0.3) is 6.47 Å². The Morgan fingerprint density at radius 1 is 1.44 bits per heavy atom. The first-order valence-electron chi connectivity index (χ1n) is 8.80. The molecule has 1 N–H and O–H groups in total. The molecule has 2 heterocycles. The first-order chi connectivity index (χ1) is 11.9. The molecule has 0 radical (unpaired) electrons. The monoisotopic (exact) mass is 343 g/mol. The highest BCUT2D eigenvalue weighted by atomic mass is 16.6. The molecule has 3 fully saturated rings. The molecule has 4 aliphatic rings. The molecular formula is C19H21NO5.